The molecule has 1 heterocycles. The molecule has 1 N–H and O–H groups in total. The van der Waals surface area contributed by atoms with Crippen molar-refractivity contribution in [3.8, 4) is 0 Å². The predicted molar refractivity (Wildman–Crippen MR) is 91.5 cm³/mol. The third-order valence-electron chi connectivity index (χ3n) is 3.93. The molecular weight excluding hydrogens is 323 g/mol. The lowest BCUT2D eigenvalue weighted by molar-refractivity contribution is -0.133. The fourth-order valence-corrected chi connectivity index (χ4v) is 2.53. The number of halogens is 1. The van der Waals surface area contributed by atoms with Gasteiger partial charge in [-0.15, -0.1) is 0 Å². The zero-order valence-electron chi connectivity index (χ0n) is 13.7. The van der Waals surface area contributed by atoms with Crippen molar-refractivity contribution in [1.82, 2.24) is 9.88 Å². The first-order valence-electron chi connectivity index (χ1n) is 7.77. The largest absolute Gasteiger partial charge is 0.452 e. The highest BCUT2D eigenvalue weighted by atomic mass is 19.1. The number of likely N-dealkylation sites (N-methyl/N-ethyl adjacent to an activating group) is 1. The Morgan fingerprint density at radius 1 is 1.12 bits per heavy atom. The minimum Gasteiger partial charge on any atom is -0.452 e. The van der Waals surface area contributed by atoms with Gasteiger partial charge in [0, 0.05) is 36.3 Å². The molecular formula is C19H17FN2O3. The van der Waals surface area contributed by atoms with Crippen LogP contribution in [0.15, 0.2) is 54.7 Å². The summed E-state index contributed by atoms with van der Waals surface area (Å²) in [6.07, 6.45) is 1.56. The molecule has 0 saturated heterocycles. The predicted octanol–water partition coefficient (Wildman–Crippen LogP) is 3.12. The van der Waals surface area contributed by atoms with E-state index >= 15 is 0 Å². The molecule has 25 heavy (non-hydrogen) atoms. The average molecular weight is 340 g/mol. The number of benzene rings is 2. The van der Waals surface area contributed by atoms with Crippen molar-refractivity contribution in [3.63, 3.8) is 0 Å². The number of amides is 1. The molecule has 1 aromatic heterocycles. The summed E-state index contributed by atoms with van der Waals surface area (Å²) in [6, 6.07) is 13.6. The molecule has 5 nitrogen and oxygen atoms in total. The van der Waals surface area contributed by atoms with Crippen molar-refractivity contribution in [2.75, 3.05) is 13.7 Å². The second-order valence-electron chi connectivity index (χ2n) is 5.67. The van der Waals surface area contributed by atoms with Crippen molar-refractivity contribution in [3.05, 3.63) is 71.7 Å². The number of aromatic amines is 1. The number of esters is 1. The zero-order chi connectivity index (χ0) is 17.8. The van der Waals surface area contributed by atoms with E-state index in [1.165, 1.54) is 18.0 Å². The SMILES string of the molecule is CN(Cc1ccccc1F)C(=O)COC(=O)c1c[nH]c2ccccc12. The number of para-hydroxylation sites is 1. The first-order valence-corrected chi connectivity index (χ1v) is 7.77. The minimum atomic E-state index is -0.579. The van der Waals surface area contributed by atoms with Gasteiger partial charge in [0.25, 0.3) is 5.91 Å². The maximum atomic E-state index is 13.6. The molecule has 6 heteroatoms. The first-order chi connectivity index (χ1) is 12.1. The Labute approximate surface area is 144 Å². The Hall–Kier alpha value is -3.15. The van der Waals surface area contributed by atoms with Gasteiger partial charge >= 0.3 is 5.97 Å². The molecule has 0 spiro atoms. The van der Waals surface area contributed by atoms with E-state index in [9.17, 15) is 14.0 Å². The van der Waals surface area contributed by atoms with Crippen LogP contribution < -0.4 is 0 Å². The summed E-state index contributed by atoms with van der Waals surface area (Å²) in [7, 11) is 1.54. The number of H-pyrrole nitrogens is 1. The van der Waals surface area contributed by atoms with E-state index in [0.29, 0.717) is 11.1 Å². The third-order valence-corrected chi connectivity index (χ3v) is 3.93. The molecule has 0 fully saturated rings. The molecule has 0 saturated carbocycles. The molecule has 0 unspecified atom stereocenters. The third kappa shape index (κ3) is 3.68. The van der Waals surface area contributed by atoms with Gasteiger partial charge in [0.2, 0.25) is 0 Å². The second kappa shape index (κ2) is 7.17. The van der Waals surface area contributed by atoms with Crippen LogP contribution in [-0.2, 0) is 16.1 Å². The molecule has 0 bridgehead atoms. The van der Waals surface area contributed by atoms with E-state index in [2.05, 4.69) is 4.98 Å². The molecule has 3 aromatic rings. The molecule has 2 aromatic carbocycles. The number of rotatable bonds is 5. The van der Waals surface area contributed by atoms with Crippen LogP contribution >= 0.6 is 0 Å². The van der Waals surface area contributed by atoms with Gasteiger partial charge in [-0.3, -0.25) is 4.79 Å². The summed E-state index contributed by atoms with van der Waals surface area (Å²) in [6.45, 7) is -0.292. The molecule has 3 rings (SSSR count). The fourth-order valence-electron chi connectivity index (χ4n) is 2.53. The smallest absolute Gasteiger partial charge is 0.340 e. The summed E-state index contributed by atoms with van der Waals surface area (Å²) >= 11 is 0. The van der Waals surface area contributed by atoms with Crippen molar-refractivity contribution >= 4 is 22.8 Å². The van der Waals surface area contributed by atoms with E-state index in [1.54, 1.807) is 30.5 Å². The second-order valence-corrected chi connectivity index (χ2v) is 5.67. The Morgan fingerprint density at radius 2 is 1.84 bits per heavy atom. The Balaban J connectivity index is 1.60. The van der Waals surface area contributed by atoms with E-state index in [0.717, 1.165) is 10.9 Å². The number of nitrogens with zero attached hydrogens (tertiary/aromatic N) is 1. The van der Waals surface area contributed by atoms with Crippen molar-refractivity contribution in [1.29, 1.82) is 0 Å². The molecule has 0 aliphatic carbocycles. The van der Waals surface area contributed by atoms with Gasteiger partial charge in [0.05, 0.1) is 5.56 Å². The van der Waals surface area contributed by atoms with Crippen molar-refractivity contribution < 1.29 is 18.7 Å². The summed E-state index contributed by atoms with van der Waals surface area (Å²) in [5, 5.41) is 0.736. The van der Waals surface area contributed by atoms with Gasteiger partial charge in [-0.25, -0.2) is 9.18 Å². The number of hydrogen-bond acceptors (Lipinski definition) is 3. The van der Waals surface area contributed by atoms with Gasteiger partial charge in [-0.1, -0.05) is 36.4 Å². The molecule has 0 atom stereocenters. The fraction of sp³-hybridized carbons (Fsp3) is 0.158. The highest BCUT2D eigenvalue weighted by molar-refractivity contribution is 6.04. The number of aromatic nitrogens is 1. The van der Waals surface area contributed by atoms with E-state index in [4.69, 9.17) is 4.74 Å². The van der Waals surface area contributed by atoms with Crippen LogP contribution in [0.5, 0.6) is 0 Å². The minimum absolute atomic E-state index is 0.107. The van der Waals surface area contributed by atoms with Crippen LogP contribution in [0.3, 0.4) is 0 Å². The summed E-state index contributed by atoms with van der Waals surface area (Å²) in [4.78, 5) is 28.6. The molecule has 0 aliphatic heterocycles. The lowest BCUT2D eigenvalue weighted by Gasteiger charge is -2.17. The normalized spacial score (nSPS) is 10.6. The van der Waals surface area contributed by atoms with Gasteiger partial charge in [0.1, 0.15) is 5.82 Å². The first kappa shape index (κ1) is 16.7. The Morgan fingerprint density at radius 3 is 2.64 bits per heavy atom. The van der Waals surface area contributed by atoms with Gasteiger partial charge in [-0.05, 0) is 12.1 Å². The van der Waals surface area contributed by atoms with Crippen molar-refractivity contribution in [2.24, 2.45) is 0 Å². The van der Waals surface area contributed by atoms with E-state index in [1.807, 2.05) is 18.2 Å². The monoisotopic (exact) mass is 340 g/mol. The molecule has 0 aliphatic rings. The molecule has 1 amide bonds. The van der Waals surface area contributed by atoms with Crippen LogP contribution in [-0.4, -0.2) is 35.4 Å². The van der Waals surface area contributed by atoms with Gasteiger partial charge in [0.15, 0.2) is 6.61 Å². The van der Waals surface area contributed by atoms with Gasteiger partial charge in [-0.2, -0.15) is 0 Å². The number of hydrogen-bond donors (Lipinski definition) is 1. The lowest BCUT2D eigenvalue weighted by Crippen LogP contribution is -2.31. The summed E-state index contributed by atoms with van der Waals surface area (Å²) in [5.41, 5.74) is 1.60. The number of nitrogens with one attached hydrogen (secondary N) is 1. The van der Waals surface area contributed by atoms with E-state index in [-0.39, 0.29) is 12.4 Å². The number of carbonyl (C=O) groups is 2. The Kier molecular flexibility index (Phi) is 4.79. The Bertz CT molecular complexity index is 920. The maximum Gasteiger partial charge on any atom is 0.340 e. The molecule has 0 radical (unpaired) electrons. The highest BCUT2D eigenvalue weighted by Crippen LogP contribution is 2.18. The molecule has 128 valence electrons. The summed E-state index contributed by atoms with van der Waals surface area (Å²) < 4.78 is 18.7. The number of fused-ring (bicyclic) bond motifs is 1. The topological polar surface area (TPSA) is 62.4 Å². The van der Waals surface area contributed by atoms with E-state index < -0.39 is 18.5 Å². The van der Waals surface area contributed by atoms with Crippen LogP contribution in [0.4, 0.5) is 4.39 Å². The standard InChI is InChI=1S/C19H17FN2O3/c1-22(11-13-6-2-4-8-16(13)20)18(23)12-25-19(24)15-10-21-17-9-5-3-7-14(15)17/h2-10,21H,11-12H2,1H3. The zero-order valence-corrected chi connectivity index (χ0v) is 13.7. The quantitative estimate of drug-likeness (QED) is 0.726. The van der Waals surface area contributed by atoms with Crippen molar-refractivity contribution in [2.45, 2.75) is 6.54 Å². The van der Waals surface area contributed by atoms with Gasteiger partial charge < -0.3 is 14.6 Å². The number of carbonyl (C=O) groups excluding carboxylic acids is 2. The van der Waals surface area contributed by atoms with Crippen LogP contribution in [0, 0.1) is 5.82 Å². The van der Waals surface area contributed by atoms with Crippen LogP contribution in [0.1, 0.15) is 15.9 Å². The highest BCUT2D eigenvalue weighted by Gasteiger charge is 2.17. The summed E-state index contributed by atoms with van der Waals surface area (Å²) in [5.74, 6) is -1.36. The van der Waals surface area contributed by atoms with Crippen LogP contribution in [0.2, 0.25) is 0 Å². The average Bonchev–Trinajstić information content (AvgIpc) is 3.05. The maximum absolute atomic E-state index is 13.6. The van der Waals surface area contributed by atoms with Crippen LogP contribution in [0.25, 0.3) is 10.9 Å². The lowest BCUT2D eigenvalue weighted by atomic mass is 10.2. The number of ether oxygens (including phenoxy) is 1.